The molecule has 0 aromatic carbocycles. The van der Waals surface area contributed by atoms with Gasteiger partial charge in [0.2, 0.25) is 11.9 Å². The van der Waals surface area contributed by atoms with Gasteiger partial charge in [-0.1, -0.05) is 11.6 Å². The lowest BCUT2D eigenvalue weighted by Crippen LogP contribution is -2.29. The third kappa shape index (κ3) is 3.02. The zero-order valence-corrected chi connectivity index (χ0v) is 12.7. The lowest BCUT2D eigenvalue weighted by Gasteiger charge is -2.18. The van der Waals surface area contributed by atoms with E-state index in [-0.39, 0.29) is 22.6 Å². The normalized spacial score (nSPS) is 17.5. The van der Waals surface area contributed by atoms with Crippen LogP contribution in [0, 0.1) is 11.9 Å². The van der Waals surface area contributed by atoms with Crippen LogP contribution in [0.4, 0.5) is 10.2 Å². The highest BCUT2D eigenvalue weighted by molar-refractivity contribution is 6.32. The quantitative estimate of drug-likeness (QED) is 0.811. The first-order valence-corrected chi connectivity index (χ1v) is 7.29. The molecule has 0 saturated carbocycles. The number of H-pyrrole nitrogens is 1. The first-order chi connectivity index (χ1) is 11.0. The summed E-state index contributed by atoms with van der Waals surface area (Å²) in [6.45, 7) is 0.851. The summed E-state index contributed by atoms with van der Waals surface area (Å²) in [4.78, 5) is 35.3. The van der Waals surface area contributed by atoms with E-state index >= 15 is 0 Å². The van der Waals surface area contributed by atoms with Gasteiger partial charge in [0.1, 0.15) is 10.8 Å². The van der Waals surface area contributed by atoms with Crippen molar-refractivity contribution >= 4 is 23.3 Å². The zero-order valence-electron chi connectivity index (χ0n) is 11.9. The number of carbonyl (C=O) groups excluding carboxylic acids is 1. The number of carbonyl (C=O) groups is 1. The molecule has 120 valence electrons. The molecule has 3 heterocycles. The standard InChI is InChI=1S/C14H13ClFN5O2/c15-10-13(21-4-2-8(6-21)11(17)22)19-12(20-14(10)23)7-1-3-18-9(16)5-7/h1,3,5,8H,2,4,6H2,(H2,17,22)(H,19,20,23)/t8-/m0/s1. The van der Waals surface area contributed by atoms with Crippen molar-refractivity contribution < 1.29 is 9.18 Å². The minimum atomic E-state index is -0.684. The molecule has 0 spiro atoms. The van der Waals surface area contributed by atoms with E-state index in [0.717, 1.165) is 6.07 Å². The highest BCUT2D eigenvalue weighted by Crippen LogP contribution is 2.28. The zero-order chi connectivity index (χ0) is 16.6. The number of hydrogen-bond donors (Lipinski definition) is 2. The topological polar surface area (TPSA) is 105 Å². The largest absolute Gasteiger partial charge is 0.369 e. The van der Waals surface area contributed by atoms with E-state index in [0.29, 0.717) is 25.1 Å². The predicted molar refractivity (Wildman–Crippen MR) is 82.6 cm³/mol. The fourth-order valence-corrected chi connectivity index (χ4v) is 2.74. The van der Waals surface area contributed by atoms with Crippen LogP contribution in [0.25, 0.3) is 11.4 Å². The summed E-state index contributed by atoms with van der Waals surface area (Å²) < 4.78 is 13.3. The maximum absolute atomic E-state index is 13.3. The van der Waals surface area contributed by atoms with E-state index in [9.17, 15) is 14.0 Å². The highest BCUT2D eigenvalue weighted by atomic mass is 35.5. The number of hydrogen-bond acceptors (Lipinski definition) is 5. The summed E-state index contributed by atoms with van der Waals surface area (Å²) in [5, 5.41) is -0.0756. The Morgan fingerprint density at radius 3 is 2.96 bits per heavy atom. The number of nitrogens with zero attached hydrogens (tertiary/aromatic N) is 3. The Labute approximate surface area is 135 Å². The molecular weight excluding hydrogens is 325 g/mol. The van der Waals surface area contributed by atoms with Crippen LogP contribution in [0.15, 0.2) is 23.1 Å². The molecule has 2 aromatic rings. The number of amides is 1. The van der Waals surface area contributed by atoms with Crippen LogP contribution in [-0.4, -0.2) is 33.9 Å². The lowest BCUT2D eigenvalue weighted by molar-refractivity contribution is -0.121. The van der Waals surface area contributed by atoms with Crippen LogP contribution in [0.1, 0.15) is 6.42 Å². The summed E-state index contributed by atoms with van der Waals surface area (Å²) in [5.74, 6) is -0.958. The van der Waals surface area contributed by atoms with Gasteiger partial charge in [-0.05, 0) is 12.5 Å². The van der Waals surface area contributed by atoms with E-state index in [4.69, 9.17) is 17.3 Å². The molecule has 3 rings (SSSR count). The highest BCUT2D eigenvalue weighted by Gasteiger charge is 2.29. The number of primary amides is 1. The Kier molecular flexibility index (Phi) is 3.99. The van der Waals surface area contributed by atoms with Crippen LogP contribution in [0.3, 0.4) is 0 Å². The van der Waals surface area contributed by atoms with Gasteiger partial charge in [-0.3, -0.25) is 9.59 Å². The summed E-state index contributed by atoms with van der Waals surface area (Å²) in [7, 11) is 0. The molecule has 1 amide bonds. The Morgan fingerprint density at radius 2 is 2.30 bits per heavy atom. The second-order valence-corrected chi connectivity index (χ2v) is 5.63. The number of rotatable bonds is 3. The van der Waals surface area contributed by atoms with Crippen LogP contribution in [0.5, 0.6) is 0 Å². The van der Waals surface area contributed by atoms with E-state index in [1.165, 1.54) is 12.3 Å². The number of aromatic amines is 1. The maximum atomic E-state index is 13.3. The van der Waals surface area contributed by atoms with Gasteiger partial charge in [0.25, 0.3) is 5.56 Å². The van der Waals surface area contributed by atoms with Crippen LogP contribution in [-0.2, 0) is 4.79 Å². The van der Waals surface area contributed by atoms with Gasteiger partial charge in [-0.15, -0.1) is 0 Å². The molecule has 1 atom stereocenters. The molecule has 1 aliphatic heterocycles. The lowest BCUT2D eigenvalue weighted by atomic mass is 10.1. The molecule has 0 bridgehead atoms. The fraction of sp³-hybridized carbons (Fsp3) is 0.286. The summed E-state index contributed by atoms with van der Waals surface area (Å²) in [6.07, 6.45) is 1.84. The number of anilines is 1. The molecule has 1 fully saturated rings. The van der Waals surface area contributed by atoms with Crippen molar-refractivity contribution in [1.82, 2.24) is 15.0 Å². The number of nitrogens with one attached hydrogen (secondary N) is 1. The molecule has 7 nitrogen and oxygen atoms in total. The third-order valence-corrected chi connectivity index (χ3v) is 4.08. The monoisotopic (exact) mass is 337 g/mol. The van der Waals surface area contributed by atoms with Gasteiger partial charge in [0.05, 0.1) is 5.92 Å². The Hall–Kier alpha value is -2.48. The Morgan fingerprint density at radius 1 is 1.52 bits per heavy atom. The van der Waals surface area contributed by atoms with Gasteiger partial charge >= 0.3 is 0 Å². The van der Waals surface area contributed by atoms with Gasteiger partial charge in [-0.25, -0.2) is 9.97 Å². The molecular formula is C14H13ClFN5O2. The predicted octanol–water partition coefficient (Wildman–Crippen LogP) is 0.936. The fourth-order valence-electron chi connectivity index (χ4n) is 2.53. The maximum Gasteiger partial charge on any atom is 0.272 e. The van der Waals surface area contributed by atoms with Gasteiger partial charge in [-0.2, -0.15) is 4.39 Å². The molecule has 2 aromatic heterocycles. The molecule has 0 unspecified atom stereocenters. The average molecular weight is 338 g/mol. The van der Waals surface area contributed by atoms with Crippen LogP contribution >= 0.6 is 11.6 Å². The van der Waals surface area contributed by atoms with Crippen molar-refractivity contribution in [2.45, 2.75) is 6.42 Å². The molecule has 1 aliphatic rings. The average Bonchev–Trinajstić information content (AvgIpc) is 3.00. The number of halogens is 2. The minimum Gasteiger partial charge on any atom is -0.369 e. The van der Waals surface area contributed by atoms with E-state index in [2.05, 4.69) is 15.0 Å². The molecule has 3 N–H and O–H groups in total. The van der Waals surface area contributed by atoms with Gasteiger partial charge in [0, 0.05) is 30.9 Å². The van der Waals surface area contributed by atoms with E-state index in [1.54, 1.807) is 4.90 Å². The second-order valence-electron chi connectivity index (χ2n) is 5.25. The number of pyridine rings is 1. The Balaban J connectivity index is 2.01. The third-order valence-electron chi connectivity index (χ3n) is 3.74. The Bertz CT molecular complexity index is 825. The van der Waals surface area contributed by atoms with Gasteiger partial charge < -0.3 is 15.6 Å². The minimum absolute atomic E-state index is 0.0756. The SMILES string of the molecule is NC(=O)[C@H]1CCN(c2nc(-c3ccnc(F)c3)[nH]c(=O)c2Cl)C1. The van der Waals surface area contributed by atoms with Crippen molar-refractivity contribution in [3.63, 3.8) is 0 Å². The van der Waals surface area contributed by atoms with Crippen molar-refractivity contribution in [3.8, 4) is 11.4 Å². The van der Waals surface area contributed by atoms with Crippen molar-refractivity contribution in [1.29, 1.82) is 0 Å². The smallest absolute Gasteiger partial charge is 0.272 e. The summed E-state index contributed by atoms with van der Waals surface area (Å²) in [5.41, 5.74) is 5.15. The summed E-state index contributed by atoms with van der Waals surface area (Å²) >= 11 is 6.04. The molecule has 0 radical (unpaired) electrons. The molecule has 23 heavy (non-hydrogen) atoms. The summed E-state index contributed by atoms with van der Waals surface area (Å²) in [6, 6.07) is 2.68. The van der Waals surface area contributed by atoms with Crippen molar-refractivity contribution in [2.24, 2.45) is 11.7 Å². The van der Waals surface area contributed by atoms with E-state index in [1.807, 2.05) is 0 Å². The van der Waals surface area contributed by atoms with Crippen LogP contribution in [0.2, 0.25) is 5.02 Å². The van der Waals surface area contributed by atoms with Crippen molar-refractivity contribution in [3.05, 3.63) is 39.7 Å². The van der Waals surface area contributed by atoms with Crippen LogP contribution < -0.4 is 16.2 Å². The van der Waals surface area contributed by atoms with E-state index < -0.39 is 17.4 Å². The second kappa shape index (κ2) is 5.96. The number of aromatic nitrogens is 3. The molecule has 1 saturated heterocycles. The molecule has 0 aliphatic carbocycles. The van der Waals surface area contributed by atoms with Crippen molar-refractivity contribution in [2.75, 3.05) is 18.0 Å². The molecule has 9 heteroatoms. The number of nitrogens with two attached hydrogens (primary N) is 1. The van der Waals surface area contributed by atoms with Gasteiger partial charge in [0.15, 0.2) is 5.82 Å². The first-order valence-electron chi connectivity index (χ1n) is 6.91. The first kappa shape index (κ1) is 15.4.